The Morgan fingerprint density at radius 3 is 2.27 bits per heavy atom. The molecule has 22 heavy (non-hydrogen) atoms. The summed E-state index contributed by atoms with van der Waals surface area (Å²) in [7, 11) is 0. The quantitative estimate of drug-likeness (QED) is 0.529. The largest absolute Gasteiger partial charge is 0.493 e. The molecule has 0 aliphatic carbocycles. The van der Waals surface area contributed by atoms with Crippen LogP contribution in [-0.2, 0) is 0 Å². The van der Waals surface area contributed by atoms with Crippen molar-refractivity contribution in [2.24, 2.45) is 0 Å². The molecule has 0 fully saturated rings. The van der Waals surface area contributed by atoms with E-state index in [-0.39, 0.29) is 29.8 Å². The van der Waals surface area contributed by atoms with Gasteiger partial charge in [0.25, 0.3) is 5.56 Å². The Morgan fingerprint density at radius 2 is 1.82 bits per heavy atom. The van der Waals surface area contributed by atoms with Crippen LogP contribution >= 0.6 is 24.2 Å². The van der Waals surface area contributed by atoms with Gasteiger partial charge in [0.1, 0.15) is 0 Å². The van der Waals surface area contributed by atoms with Crippen LogP contribution in [0.25, 0.3) is 0 Å². The molecule has 0 aromatic carbocycles. The number of H-pyrrole nitrogens is 1. The minimum atomic E-state index is -0.237. The van der Waals surface area contributed by atoms with Crippen molar-refractivity contribution in [3.8, 4) is 5.88 Å². The van der Waals surface area contributed by atoms with Gasteiger partial charge in [0, 0.05) is 12.3 Å². The lowest BCUT2D eigenvalue weighted by Crippen LogP contribution is -2.28. The maximum absolute atomic E-state index is 11.9. The van der Waals surface area contributed by atoms with Crippen LogP contribution in [0.3, 0.4) is 0 Å². The van der Waals surface area contributed by atoms with Gasteiger partial charge in [0.2, 0.25) is 5.88 Å². The Morgan fingerprint density at radius 1 is 1.23 bits per heavy atom. The minimum Gasteiger partial charge on any atom is -0.493 e. The molecule has 5 nitrogen and oxygen atoms in total. The monoisotopic (exact) mass is 349 g/mol. The van der Waals surface area contributed by atoms with E-state index >= 15 is 0 Å². The maximum Gasteiger partial charge on any atom is 0.258 e. The predicted octanol–water partition coefficient (Wildman–Crippen LogP) is 3.23. The molecule has 1 aromatic heterocycles. The fraction of sp³-hybridized carbons (Fsp3) is 0.733. The topological polar surface area (TPSA) is 69.2 Å². The molecule has 0 spiro atoms. The van der Waals surface area contributed by atoms with Crippen molar-refractivity contribution in [2.75, 3.05) is 25.4 Å². The number of nitrogens with one attached hydrogen (secondary N) is 1. The lowest BCUT2D eigenvalue weighted by molar-refractivity contribution is 0.292. The number of aromatic hydroxyl groups is 1. The lowest BCUT2D eigenvalue weighted by Gasteiger charge is -2.20. The highest BCUT2D eigenvalue weighted by Crippen LogP contribution is 2.21. The van der Waals surface area contributed by atoms with E-state index < -0.39 is 0 Å². The van der Waals surface area contributed by atoms with Crippen molar-refractivity contribution in [3.05, 3.63) is 15.9 Å². The summed E-state index contributed by atoms with van der Waals surface area (Å²) in [5.74, 6) is 0.670. The lowest BCUT2D eigenvalue weighted by atomic mass is 10.1. The molecule has 0 saturated carbocycles. The second-order valence-electron chi connectivity index (χ2n) is 5.45. The molecule has 0 bridgehead atoms. The summed E-state index contributed by atoms with van der Waals surface area (Å²) in [6.45, 7) is 11.2. The van der Waals surface area contributed by atoms with Crippen LogP contribution in [0.15, 0.2) is 9.95 Å². The first kappa shape index (κ1) is 21.3. The number of hydrogen-bond acceptors (Lipinski definition) is 5. The zero-order chi connectivity index (χ0) is 15.8. The highest BCUT2D eigenvalue weighted by molar-refractivity contribution is 7.99. The van der Waals surface area contributed by atoms with Gasteiger partial charge in [-0.1, -0.05) is 39.5 Å². The van der Waals surface area contributed by atoms with Gasteiger partial charge >= 0.3 is 0 Å². The Kier molecular flexibility index (Phi) is 10.6. The fourth-order valence-electron chi connectivity index (χ4n) is 2.28. The summed E-state index contributed by atoms with van der Waals surface area (Å²) in [5, 5.41) is 10.4. The van der Waals surface area contributed by atoms with Crippen LogP contribution in [-0.4, -0.2) is 45.4 Å². The van der Waals surface area contributed by atoms with Crippen LogP contribution in [0.1, 0.15) is 52.0 Å². The van der Waals surface area contributed by atoms with E-state index in [0.717, 1.165) is 38.2 Å². The van der Waals surface area contributed by atoms with Crippen LogP contribution < -0.4 is 5.56 Å². The summed E-state index contributed by atoms with van der Waals surface area (Å²) in [5.41, 5.74) is 0.122. The molecule has 0 amide bonds. The van der Waals surface area contributed by atoms with Crippen LogP contribution in [0.5, 0.6) is 5.88 Å². The fourth-order valence-corrected chi connectivity index (χ4v) is 3.14. The summed E-state index contributed by atoms with van der Waals surface area (Å²) in [4.78, 5) is 21.2. The van der Waals surface area contributed by atoms with Gasteiger partial charge < -0.3 is 15.0 Å². The van der Waals surface area contributed by atoms with Gasteiger partial charge in [-0.3, -0.25) is 4.79 Å². The third kappa shape index (κ3) is 6.58. The average Bonchev–Trinajstić information content (AvgIpc) is 2.37. The molecule has 7 heteroatoms. The Balaban J connectivity index is 0.00000441. The Labute approximate surface area is 143 Å². The van der Waals surface area contributed by atoms with Crippen molar-refractivity contribution >= 4 is 24.2 Å². The summed E-state index contributed by atoms with van der Waals surface area (Å²) >= 11 is 1.48. The number of hydrogen-bond donors (Lipinski definition) is 2. The molecular weight excluding hydrogens is 322 g/mol. The van der Waals surface area contributed by atoms with E-state index in [1.165, 1.54) is 11.8 Å². The third-order valence-corrected chi connectivity index (χ3v) is 4.07. The molecule has 0 aliphatic heterocycles. The van der Waals surface area contributed by atoms with Gasteiger partial charge in [-0.15, -0.1) is 12.4 Å². The van der Waals surface area contributed by atoms with E-state index in [0.29, 0.717) is 10.7 Å². The molecule has 1 rings (SSSR count). The number of aromatic nitrogens is 2. The van der Waals surface area contributed by atoms with Crippen molar-refractivity contribution in [1.29, 1.82) is 0 Å². The molecule has 2 N–H and O–H groups in total. The summed E-state index contributed by atoms with van der Waals surface area (Å²) in [6.07, 6.45) is 2.28. The SMILES string of the molecule is CCCN(CCC)CCSc1nc(O)c(C(C)C)c(=O)[nH]1.Cl. The van der Waals surface area contributed by atoms with Crippen molar-refractivity contribution in [3.63, 3.8) is 0 Å². The molecule has 1 aromatic rings. The molecular formula is C15H28ClN3O2S. The third-order valence-electron chi connectivity index (χ3n) is 3.22. The Hall–Kier alpha value is -0.720. The van der Waals surface area contributed by atoms with Gasteiger partial charge in [-0.25, -0.2) is 0 Å². The van der Waals surface area contributed by atoms with Crippen LogP contribution in [0, 0.1) is 0 Å². The number of thioether (sulfide) groups is 1. The summed E-state index contributed by atoms with van der Waals surface area (Å²) < 4.78 is 0. The first-order valence-electron chi connectivity index (χ1n) is 7.67. The van der Waals surface area contributed by atoms with Crippen LogP contribution in [0.4, 0.5) is 0 Å². The normalized spacial score (nSPS) is 11.0. The maximum atomic E-state index is 11.9. The Bertz CT molecular complexity index is 488. The molecule has 1 heterocycles. The smallest absolute Gasteiger partial charge is 0.258 e. The van der Waals surface area contributed by atoms with E-state index in [9.17, 15) is 9.90 Å². The highest BCUT2D eigenvalue weighted by atomic mass is 35.5. The summed E-state index contributed by atoms with van der Waals surface area (Å²) in [6, 6.07) is 0. The molecule has 0 aliphatic rings. The zero-order valence-corrected chi connectivity index (χ0v) is 15.5. The number of rotatable bonds is 9. The molecule has 0 unspecified atom stereocenters. The highest BCUT2D eigenvalue weighted by Gasteiger charge is 2.14. The molecule has 0 saturated heterocycles. The van der Waals surface area contributed by atoms with E-state index in [1.807, 2.05) is 13.8 Å². The first-order chi connectivity index (χ1) is 9.99. The van der Waals surface area contributed by atoms with Gasteiger partial charge in [-0.05, 0) is 31.8 Å². The number of halogens is 1. The molecule has 0 atom stereocenters. The second kappa shape index (κ2) is 10.9. The van der Waals surface area contributed by atoms with Gasteiger partial charge in [0.05, 0.1) is 5.56 Å². The van der Waals surface area contributed by atoms with E-state index in [1.54, 1.807) is 0 Å². The minimum absolute atomic E-state index is 0. The second-order valence-corrected chi connectivity index (χ2v) is 6.54. The molecule has 128 valence electrons. The van der Waals surface area contributed by atoms with Crippen molar-refractivity contribution < 1.29 is 5.11 Å². The zero-order valence-electron chi connectivity index (χ0n) is 13.9. The standard InChI is InChI=1S/C15H27N3O2S.ClH/c1-5-7-18(8-6-2)9-10-21-15-16-13(19)12(11(3)4)14(20)17-15;/h11H,5-10H2,1-4H3,(H2,16,17,19,20);1H. The van der Waals surface area contributed by atoms with Crippen LogP contribution in [0.2, 0.25) is 0 Å². The number of nitrogens with zero attached hydrogens (tertiary/aromatic N) is 2. The first-order valence-corrected chi connectivity index (χ1v) is 8.66. The number of aromatic amines is 1. The van der Waals surface area contributed by atoms with Gasteiger partial charge in [0.15, 0.2) is 5.16 Å². The van der Waals surface area contributed by atoms with Crippen molar-refractivity contribution in [2.45, 2.75) is 51.6 Å². The predicted molar refractivity (Wildman–Crippen MR) is 95.6 cm³/mol. The van der Waals surface area contributed by atoms with E-state index in [2.05, 4.69) is 28.7 Å². The van der Waals surface area contributed by atoms with Crippen molar-refractivity contribution in [1.82, 2.24) is 14.9 Å². The van der Waals surface area contributed by atoms with E-state index in [4.69, 9.17) is 0 Å². The van der Waals surface area contributed by atoms with Gasteiger partial charge in [-0.2, -0.15) is 4.98 Å². The molecule has 0 radical (unpaired) electrons. The average molecular weight is 350 g/mol.